The molecule has 248 valence electrons. The van der Waals surface area contributed by atoms with Crippen LogP contribution in [0.2, 0.25) is 0 Å². The summed E-state index contributed by atoms with van der Waals surface area (Å²) in [6.45, 7) is 7.45. The number of nitrogens with zero attached hydrogens (tertiary/aromatic N) is 2. The van der Waals surface area contributed by atoms with E-state index in [0.29, 0.717) is 18.8 Å². The Morgan fingerprint density at radius 2 is 1.53 bits per heavy atom. The predicted octanol–water partition coefficient (Wildman–Crippen LogP) is 6.28. The monoisotopic (exact) mass is 659 g/mol. The van der Waals surface area contributed by atoms with E-state index >= 15 is 0 Å². The maximum Gasteiger partial charge on any atom is 0.264 e. The molecule has 0 aromatic heterocycles. The third-order valence-electron chi connectivity index (χ3n) is 7.82. The molecule has 47 heavy (non-hydrogen) atoms. The number of halogens is 1. The summed E-state index contributed by atoms with van der Waals surface area (Å²) in [6.07, 6.45) is 0.900. The number of ether oxygens (including phenoxy) is 1. The van der Waals surface area contributed by atoms with Gasteiger partial charge in [-0.2, -0.15) is 0 Å². The Morgan fingerprint density at radius 3 is 2.15 bits per heavy atom. The largest absolute Gasteiger partial charge is 0.494 e. The van der Waals surface area contributed by atoms with Crippen LogP contribution in [0.15, 0.2) is 108 Å². The van der Waals surface area contributed by atoms with Crippen molar-refractivity contribution in [1.82, 2.24) is 10.2 Å². The summed E-state index contributed by atoms with van der Waals surface area (Å²) in [5, 5.41) is 3.03. The second-order valence-corrected chi connectivity index (χ2v) is 13.3. The average Bonchev–Trinajstić information content (AvgIpc) is 3.06. The van der Waals surface area contributed by atoms with Crippen molar-refractivity contribution < 1.29 is 27.1 Å². The number of rotatable bonds is 15. The fraction of sp³-hybridized carbons (Fsp3) is 0.297. The molecule has 8 nitrogen and oxygen atoms in total. The molecule has 2 amide bonds. The van der Waals surface area contributed by atoms with Gasteiger partial charge in [-0.3, -0.25) is 13.9 Å². The summed E-state index contributed by atoms with van der Waals surface area (Å²) in [6, 6.07) is 26.7. The Bertz CT molecular complexity index is 1730. The molecule has 4 aromatic rings. The zero-order valence-electron chi connectivity index (χ0n) is 27.2. The first-order chi connectivity index (χ1) is 22.5. The number of benzene rings is 4. The van der Waals surface area contributed by atoms with Crippen molar-refractivity contribution >= 4 is 27.5 Å². The molecule has 0 spiro atoms. The minimum Gasteiger partial charge on any atom is -0.494 e. The number of aryl methyl sites for hydroxylation is 1. The van der Waals surface area contributed by atoms with Crippen molar-refractivity contribution in [3.63, 3.8) is 0 Å². The van der Waals surface area contributed by atoms with E-state index in [-0.39, 0.29) is 35.5 Å². The van der Waals surface area contributed by atoms with E-state index in [1.165, 1.54) is 29.2 Å². The van der Waals surface area contributed by atoms with Gasteiger partial charge in [-0.05, 0) is 86.8 Å². The summed E-state index contributed by atoms with van der Waals surface area (Å²) in [5.41, 5.74) is 2.71. The van der Waals surface area contributed by atoms with Crippen molar-refractivity contribution in [2.75, 3.05) is 17.5 Å². The quantitative estimate of drug-likeness (QED) is 0.162. The van der Waals surface area contributed by atoms with Crippen molar-refractivity contribution in [3.05, 3.63) is 126 Å². The third kappa shape index (κ3) is 9.42. The minimum absolute atomic E-state index is 0.0618. The van der Waals surface area contributed by atoms with Gasteiger partial charge < -0.3 is 15.0 Å². The Balaban J connectivity index is 1.80. The zero-order valence-corrected chi connectivity index (χ0v) is 28.0. The van der Waals surface area contributed by atoms with E-state index in [4.69, 9.17) is 4.74 Å². The van der Waals surface area contributed by atoms with Gasteiger partial charge in [0.05, 0.1) is 17.2 Å². The third-order valence-corrected chi connectivity index (χ3v) is 9.61. The molecule has 2 atom stereocenters. The molecular formula is C37H42FN3O5S. The fourth-order valence-electron chi connectivity index (χ4n) is 5.14. The molecule has 0 fully saturated rings. The summed E-state index contributed by atoms with van der Waals surface area (Å²) in [5.74, 6) is -0.988. The van der Waals surface area contributed by atoms with Crippen LogP contribution < -0.4 is 14.4 Å². The van der Waals surface area contributed by atoms with Crippen molar-refractivity contribution in [3.8, 4) is 5.75 Å². The molecule has 0 radical (unpaired) electrons. The lowest BCUT2D eigenvalue weighted by atomic mass is 10.0. The number of hydrogen-bond acceptors (Lipinski definition) is 5. The average molecular weight is 660 g/mol. The van der Waals surface area contributed by atoms with E-state index in [0.717, 1.165) is 33.1 Å². The fourth-order valence-corrected chi connectivity index (χ4v) is 6.55. The van der Waals surface area contributed by atoms with Crippen LogP contribution in [-0.4, -0.2) is 50.4 Å². The molecule has 0 aliphatic carbocycles. The molecule has 0 saturated heterocycles. The summed E-state index contributed by atoms with van der Waals surface area (Å²) < 4.78 is 48.8. The number of nitrogens with one attached hydrogen (secondary N) is 1. The summed E-state index contributed by atoms with van der Waals surface area (Å²) >= 11 is 0. The van der Waals surface area contributed by atoms with Crippen LogP contribution in [0.5, 0.6) is 5.75 Å². The molecule has 0 aliphatic rings. The normalized spacial score (nSPS) is 12.5. The molecule has 1 N–H and O–H groups in total. The second-order valence-electron chi connectivity index (χ2n) is 11.4. The number of carbonyl (C=O) groups excluding carboxylic acids is 2. The van der Waals surface area contributed by atoms with Gasteiger partial charge >= 0.3 is 0 Å². The highest BCUT2D eigenvalue weighted by molar-refractivity contribution is 7.92. The first-order valence-corrected chi connectivity index (χ1v) is 17.2. The lowest BCUT2D eigenvalue weighted by Crippen LogP contribution is -2.54. The van der Waals surface area contributed by atoms with Gasteiger partial charge in [0, 0.05) is 19.0 Å². The van der Waals surface area contributed by atoms with Crippen molar-refractivity contribution in [2.24, 2.45) is 0 Å². The molecule has 4 rings (SSSR count). The van der Waals surface area contributed by atoms with Gasteiger partial charge in [0.1, 0.15) is 24.2 Å². The second kappa shape index (κ2) is 16.2. The molecule has 0 aliphatic heterocycles. The van der Waals surface area contributed by atoms with E-state index in [9.17, 15) is 22.4 Å². The first-order valence-electron chi connectivity index (χ1n) is 15.7. The van der Waals surface area contributed by atoms with Crippen LogP contribution >= 0.6 is 0 Å². The topological polar surface area (TPSA) is 96.0 Å². The summed E-state index contributed by atoms with van der Waals surface area (Å²) in [4.78, 5) is 29.8. The predicted molar refractivity (Wildman–Crippen MR) is 182 cm³/mol. The van der Waals surface area contributed by atoms with Gasteiger partial charge in [-0.1, -0.05) is 67.1 Å². The molecule has 0 unspecified atom stereocenters. The van der Waals surface area contributed by atoms with E-state index in [1.807, 2.05) is 82.3 Å². The van der Waals surface area contributed by atoms with E-state index in [1.54, 1.807) is 12.1 Å². The van der Waals surface area contributed by atoms with Gasteiger partial charge in [-0.15, -0.1) is 0 Å². The molecule has 0 bridgehead atoms. The number of carbonyl (C=O) groups is 2. The van der Waals surface area contributed by atoms with Gasteiger partial charge in [0.15, 0.2) is 0 Å². The van der Waals surface area contributed by atoms with Crippen LogP contribution in [0.1, 0.15) is 43.9 Å². The molecule has 10 heteroatoms. The summed E-state index contributed by atoms with van der Waals surface area (Å²) in [7, 11) is -4.33. The Morgan fingerprint density at radius 1 is 0.872 bits per heavy atom. The lowest BCUT2D eigenvalue weighted by molar-refractivity contribution is -0.140. The Kier molecular flexibility index (Phi) is 12.1. The van der Waals surface area contributed by atoms with Crippen LogP contribution in [0.3, 0.4) is 0 Å². The van der Waals surface area contributed by atoms with Crippen molar-refractivity contribution in [1.29, 1.82) is 0 Å². The van der Waals surface area contributed by atoms with E-state index in [2.05, 4.69) is 5.32 Å². The van der Waals surface area contributed by atoms with Gasteiger partial charge in [0.25, 0.3) is 10.0 Å². The van der Waals surface area contributed by atoms with Crippen LogP contribution in [0.4, 0.5) is 10.1 Å². The number of anilines is 1. The smallest absolute Gasteiger partial charge is 0.264 e. The van der Waals surface area contributed by atoms with Crippen LogP contribution in [0, 0.1) is 12.7 Å². The maximum atomic E-state index is 14.5. The first kappa shape index (κ1) is 35.2. The number of amides is 2. The standard InChI is InChI=1S/C37H42FN3O5S/c1-5-28(4)39-37(43)35(24-29-12-8-7-9-13-29)40(25-30-14-10-11-27(3)23-30)36(42)26-41(32-17-15-31(38)16-18-32)47(44,45)34-21-19-33(20-22-34)46-6-2/h7-23,28,35H,5-6,24-26H2,1-4H3,(H,39,43)/t28-,35+/m0/s1. The zero-order chi connectivity index (χ0) is 34.0. The number of sulfonamides is 1. The highest BCUT2D eigenvalue weighted by atomic mass is 32.2. The highest BCUT2D eigenvalue weighted by Crippen LogP contribution is 2.27. The van der Waals surface area contributed by atoms with Gasteiger partial charge in [0.2, 0.25) is 11.8 Å². The minimum atomic E-state index is -4.33. The van der Waals surface area contributed by atoms with Crippen LogP contribution in [0.25, 0.3) is 0 Å². The molecule has 0 saturated carbocycles. The maximum absolute atomic E-state index is 14.5. The Labute approximate surface area is 277 Å². The molecule has 4 aromatic carbocycles. The highest BCUT2D eigenvalue weighted by Gasteiger charge is 2.35. The lowest BCUT2D eigenvalue weighted by Gasteiger charge is -2.34. The van der Waals surface area contributed by atoms with Crippen molar-refractivity contribution in [2.45, 2.75) is 64.1 Å². The molecule has 0 heterocycles. The van der Waals surface area contributed by atoms with Crippen LogP contribution in [-0.2, 0) is 32.6 Å². The Hall–Kier alpha value is -4.70. The van der Waals surface area contributed by atoms with Gasteiger partial charge in [-0.25, -0.2) is 12.8 Å². The van der Waals surface area contributed by atoms with E-state index < -0.39 is 34.3 Å². The number of hydrogen-bond donors (Lipinski definition) is 1. The molecular weight excluding hydrogens is 617 g/mol. The SMILES string of the molecule is CCOc1ccc(S(=O)(=O)N(CC(=O)N(Cc2cccc(C)c2)[C@H](Cc2ccccc2)C(=O)N[C@@H](C)CC)c2ccc(F)cc2)cc1.